The van der Waals surface area contributed by atoms with Crippen molar-refractivity contribution in [1.29, 1.82) is 0 Å². The summed E-state index contributed by atoms with van der Waals surface area (Å²) in [5, 5.41) is 8.62. The Morgan fingerprint density at radius 2 is 2.00 bits per heavy atom. The molecule has 0 aromatic rings. The average molecular weight is 207 g/mol. The Balaban J connectivity index is 0.00000144. The number of carbonyl (C=O) groups is 1. The largest absolute Gasteiger partial charge is 0.481 e. The highest BCUT2D eigenvalue weighted by Gasteiger charge is 2.33. The number of carboxylic acid groups (broad SMARTS) is 1. The van der Waals surface area contributed by atoms with Gasteiger partial charge in [-0.2, -0.15) is 0 Å². The van der Waals surface area contributed by atoms with Crippen LogP contribution in [0.25, 0.3) is 0 Å². The fraction of sp³-hybridized carbons (Fsp3) is 0.900. The third kappa shape index (κ3) is 3.99. The Bertz CT molecular complexity index is 153. The smallest absolute Gasteiger partial charge is 0.306 e. The van der Waals surface area contributed by atoms with Crippen LogP contribution >= 0.6 is 12.4 Å². The van der Waals surface area contributed by atoms with Crippen LogP contribution in [0.2, 0.25) is 0 Å². The van der Waals surface area contributed by atoms with Gasteiger partial charge in [-0.05, 0) is 18.8 Å². The summed E-state index contributed by atoms with van der Waals surface area (Å²) in [6.07, 6.45) is 6.95. The number of carboxylic acids is 1. The molecule has 0 aromatic heterocycles. The molecule has 0 aliphatic heterocycles. The van der Waals surface area contributed by atoms with Gasteiger partial charge in [0.05, 0.1) is 5.92 Å². The molecule has 2 nitrogen and oxygen atoms in total. The molecule has 1 aliphatic rings. The molecule has 1 N–H and O–H groups in total. The van der Waals surface area contributed by atoms with Gasteiger partial charge < -0.3 is 5.11 Å². The number of rotatable bonds is 5. The molecule has 0 saturated heterocycles. The number of halogens is 1. The molecular weight excluding hydrogens is 188 g/mol. The maximum Gasteiger partial charge on any atom is 0.306 e. The Hall–Kier alpha value is -0.240. The van der Waals surface area contributed by atoms with Crippen LogP contribution in [0, 0.1) is 11.8 Å². The Morgan fingerprint density at radius 3 is 2.46 bits per heavy atom. The Labute approximate surface area is 86.1 Å². The third-order valence-corrected chi connectivity index (χ3v) is 2.80. The van der Waals surface area contributed by atoms with E-state index in [-0.39, 0.29) is 18.3 Å². The molecule has 0 aromatic carbocycles. The van der Waals surface area contributed by atoms with Crippen molar-refractivity contribution in [2.24, 2.45) is 11.8 Å². The van der Waals surface area contributed by atoms with Crippen molar-refractivity contribution in [3.05, 3.63) is 0 Å². The lowest BCUT2D eigenvalue weighted by molar-refractivity contribution is -0.146. The molecule has 0 heterocycles. The van der Waals surface area contributed by atoms with Crippen molar-refractivity contribution < 1.29 is 9.90 Å². The molecule has 0 bridgehead atoms. The normalized spacial score (nSPS) is 25.9. The van der Waals surface area contributed by atoms with E-state index in [9.17, 15) is 4.79 Å². The van der Waals surface area contributed by atoms with E-state index < -0.39 is 5.97 Å². The van der Waals surface area contributed by atoms with E-state index in [1.807, 2.05) is 0 Å². The van der Waals surface area contributed by atoms with Crippen LogP contribution in [0.15, 0.2) is 0 Å². The van der Waals surface area contributed by atoms with Gasteiger partial charge in [-0.25, -0.2) is 0 Å². The number of aliphatic carboxylic acids is 1. The fourth-order valence-corrected chi connectivity index (χ4v) is 1.86. The van der Waals surface area contributed by atoms with Crippen molar-refractivity contribution >= 4 is 18.4 Å². The van der Waals surface area contributed by atoms with E-state index in [1.165, 1.54) is 25.7 Å². The third-order valence-electron chi connectivity index (χ3n) is 2.80. The first kappa shape index (κ1) is 12.8. The topological polar surface area (TPSA) is 37.3 Å². The Kier molecular flexibility index (Phi) is 6.13. The lowest BCUT2D eigenvalue weighted by Crippen LogP contribution is -2.30. The maximum atomic E-state index is 10.5. The molecule has 13 heavy (non-hydrogen) atoms. The number of hydrogen-bond acceptors (Lipinski definition) is 1. The zero-order valence-electron chi connectivity index (χ0n) is 8.16. The van der Waals surface area contributed by atoms with E-state index in [0.29, 0.717) is 0 Å². The first-order valence-electron chi connectivity index (χ1n) is 4.96. The maximum absolute atomic E-state index is 10.5. The minimum absolute atomic E-state index is 0. The first-order valence-corrected chi connectivity index (χ1v) is 4.96. The first-order chi connectivity index (χ1) is 5.74. The summed E-state index contributed by atoms with van der Waals surface area (Å²) in [6.45, 7) is 2.20. The molecule has 1 rings (SSSR count). The zero-order chi connectivity index (χ0) is 8.97. The van der Waals surface area contributed by atoms with Crippen LogP contribution in [-0.4, -0.2) is 11.1 Å². The van der Waals surface area contributed by atoms with E-state index in [4.69, 9.17) is 5.11 Å². The summed E-state index contributed by atoms with van der Waals surface area (Å²) < 4.78 is 0. The molecule has 1 fully saturated rings. The predicted molar refractivity (Wildman–Crippen MR) is 55.2 cm³/mol. The highest BCUT2D eigenvalue weighted by atomic mass is 35.5. The highest BCUT2D eigenvalue weighted by Crippen LogP contribution is 2.37. The molecule has 3 heteroatoms. The van der Waals surface area contributed by atoms with Crippen molar-refractivity contribution in [3.63, 3.8) is 0 Å². The number of hydrogen-bond donors (Lipinski definition) is 1. The monoisotopic (exact) mass is 206 g/mol. The lowest BCUT2D eigenvalue weighted by Gasteiger charge is -2.32. The van der Waals surface area contributed by atoms with Crippen molar-refractivity contribution in [2.75, 3.05) is 0 Å². The fourth-order valence-electron chi connectivity index (χ4n) is 1.86. The Morgan fingerprint density at radius 1 is 1.38 bits per heavy atom. The van der Waals surface area contributed by atoms with Gasteiger partial charge in [-0.1, -0.05) is 32.6 Å². The van der Waals surface area contributed by atoms with E-state index in [1.54, 1.807) is 0 Å². The van der Waals surface area contributed by atoms with Crippen LogP contribution in [0.4, 0.5) is 0 Å². The minimum Gasteiger partial charge on any atom is -0.481 e. The average Bonchev–Trinajstić information content (AvgIpc) is 1.93. The van der Waals surface area contributed by atoms with Crippen molar-refractivity contribution in [3.8, 4) is 0 Å². The minimum atomic E-state index is -0.596. The second-order valence-corrected chi connectivity index (χ2v) is 3.87. The summed E-state index contributed by atoms with van der Waals surface area (Å²) >= 11 is 0. The van der Waals surface area contributed by atoms with Gasteiger partial charge in [-0.3, -0.25) is 4.79 Å². The standard InChI is InChI=1S/C10H18O2.ClH/c1-2-3-4-5-8-6-9(7-8)10(11)12;/h8-9H,2-7H2,1H3,(H,11,12);1H/t8-,9-;. The van der Waals surface area contributed by atoms with E-state index >= 15 is 0 Å². The highest BCUT2D eigenvalue weighted by molar-refractivity contribution is 5.85. The van der Waals surface area contributed by atoms with Crippen LogP contribution in [0.3, 0.4) is 0 Å². The van der Waals surface area contributed by atoms with Crippen LogP contribution in [0.5, 0.6) is 0 Å². The summed E-state index contributed by atoms with van der Waals surface area (Å²) in [6, 6.07) is 0. The van der Waals surface area contributed by atoms with Gasteiger partial charge in [0.25, 0.3) is 0 Å². The molecule has 1 aliphatic carbocycles. The molecule has 0 amide bonds. The second kappa shape index (κ2) is 6.25. The molecule has 0 atom stereocenters. The van der Waals surface area contributed by atoms with Crippen LogP contribution in [-0.2, 0) is 4.79 Å². The van der Waals surface area contributed by atoms with E-state index in [2.05, 4.69) is 6.92 Å². The van der Waals surface area contributed by atoms with Crippen LogP contribution in [0.1, 0.15) is 45.4 Å². The van der Waals surface area contributed by atoms with Crippen LogP contribution < -0.4 is 0 Å². The van der Waals surface area contributed by atoms with Gasteiger partial charge in [0.2, 0.25) is 0 Å². The molecule has 1 saturated carbocycles. The zero-order valence-corrected chi connectivity index (χ0v) is 8.98. The second-order valence-electron chi connectivity index (χ2n) is 3.87. The summed E-state index contributed by atoms with van der Waals surface area (Å²) in [7, 11) is 0. The molecule has 0 spiro atoms. The van der Waals surface area contributed by atoms with Gasteiger partial charge in [-0.15, -0.1) is 12.4 Å². The molecule has 0 radical (unpaired) electrons. The van der Waals surface area contributed by atoms with Crippen molar-refractivity contribution in [1.82, 2.24) is 0 Å². The SMILES string of the molecule is CCCCC[C@H]1C[C@H](C(=O)O)C1.Cl. The predicted octanol–water partition coefficient (Wildman–Crippen LogP) is 3.10. The van der Waals surface area contributed by atoms with Gasteiger partial charge in [0.15, 0.2) is 0 Å². The van der Waals surface area contributed by atoms with E-state index in [0.717, 1.165) is 18.8 Å². The quantitative estimate of drug-likeness (QED) is 0.702. The van der Waals surface area contributed by atoms with Gasteiger partial charge >= 0.3 is 5.97 Å². The summed E-state index contributed by atoms with van der Waals surface area (Å²) in [5.41, 5.74) is 0. The van der Waals surface area contributed by atoms with Gasteiger partial charge in [0.1, 0.15) is 0 Å². The van der Waals surface area contributed by atoms with Crippen molar-refractivity contribution in [2.45, 2.75) is 45.4 Å². The lowest BCUT2D eigenvalue weighted by atomic mass is 9.72. The number of unbranched alkanes of at least 4 members (excludes halogenated alkanes) is 2. The molecule has 0 unspecified atom stereocenters. The molecule has 78 valence electrons. The molecular formula is C10H19ClO2. The summed E-state index contributed by atoms with van der Waals surface area (Å²) in [5.74, 6) is 0.107. The summed E-state index contributed by atoms with van der Waals surface area (Å²) in [4.78, 5) is 10.5. The van der Waals surface area contributed by atoms with Gasteiger partial charge in [0, 0.05) is 0 Å².